The Morgan fingerprint density at radius 1 is 1.19 bits per heavy atom. The molecule has 3 heterocycles. The first-order valence-electron chi connectivity index (χ1n) is 8.57. The fourth-order valence-electron chi connectivity index (χ4n) is 2.99. The second kappa shape index (κ2) is 7.54. The van der Waals surface area contributed by atoms with Crippen LogP contribution in [0.5, 0.6) is 0 Å². The van der Waals surface area contributed by atoms with E-state index in [1.807, 2.05) is 35.0 Å². The van der Waals surface area contributed by atoms with Gasteiger partial charge in [0.1, 0.15) is 0 Å². The van der Waals surface area contributed by atoms with Gasteiger partial charge in [-0.2, -0.15) is 0 Å². The minimum atomic E-state index is -0.0654. The minimum Gasteiger partial charge on any atom is -0.336 e. The van der Waals surface area contributed by atoms with Crippen LogP contribution in [0.2, 0.25) is 4.34 Å². The fourth-order valence-corrected chi connectivity index (χ4v) is 4.00. The van der Waals surface area contributed by atoms with Crippen molar-refractivity contribution in [2.45, 2.75) is 12.8 Å². The number of aryl methyl sites for hydroxylation is 1. The number of halogens is 1. The maximum absolute atomic E-state index is 12.2. The number of aromatic nitrogens is 2. The molecule has 138 valence electrons. The second-order valence-electron chi connectivity index (χ2n) is 6.20. The van der Waals surface area contributed by atoms with Crippen LogP contribution in [0, 0.1) is 0 Å². The van der Waals surface area contributed by atoms with Crippen LogP contribution in [0.3, 0.4) is 0 Å². The summed E-state index contributed by atoms with van der Waals surface area (Å²) >= 11 is 7.18. The number of nitrogens with one attached hydrogen (secondary N) is 1. The van der Waals surface area contributed by atoms with Crippen LogP contribution in [0.25, 0.3) is 5.69 Å². The molecule has 1 aliphatic rings. The Bertz CT molecular complexity index is 980. The number of carbonyl (C=O) groups excluding carboxylic acids is 2. The molecule has 0 aliphatic carbocycles. The minimum absolute atomic E-state index is 0.0654. The van der Waals surface area contributed by atoms with Crippen LogP contribution in [-0.4, -0.2) is 34.5 Å². The topological polar surface area (TPSA) is 67.2 Å². The number of anilines is 1. The van der Waals surface area contributed by atoms with Crippen LogP contribution < -0.4 is 10.2 Å². The van der Waals surface area contributed by atoms with E-state index in [4.69, 9.17) is 11.6 Å². The SMILES string of the molecule is O=C(CCc1cn(-c2ccc(N3CCNC3=O)cc2)cn1)c1ccc(Cl)s1. The molecular formula is C19H17ClN4O2S. The highest BCUT2D eigenvalue weighted by Gasteiger charge is 2.20. The highest BCUT2D eigenvalue weighted by atomic mass is 35.5. The van der Waals surface area contributed by atoms with Crippen LogP contribution in [0.15, 0.2) is 48.9 Å². The molecule has 1 aromatic carbocycles. The summed E-state index contributed by atoms with van der Waals surface area (Å²) in [5.74, 6) is 0.0784. The summed E-state index contributed by atoms with van der Waals surface area (Å²) in [6, 6.07) is 11.2. The van der Waals surface area contributed by atoms with Crippen molar-refractivity contribution in [2.75, 3.05) is 18.0 Å². The second-order valence-corrected chi connectivity index (χ2v) is 7.91. The van der Waals surface area contributed by atoms with Gasteiger partial charge in [0.05, 0.1) is 21.2 Å². The molecule has 8 heteroatoms. The molecule has 1 fully saturated rings. The van der Waals surface area contributed by atoms with E-state index in [0.29, 0.717) is 35.1 Å². The number of thiophene rings is 1. The van der Waals surface area contributed by atoms with Gasteiger partial charge in [-0.25, -0.2) is 9.78 Å². The number of rotatable bonds is 6. The summed E-state index contributed by atoms with van der Waals surface area (Å²) in [7, 11) is 0. The molecule has 2 amide bonds. The molecule has 1 aliphatic heterocycles. The molecule has 3 aromatic rings. The van der Waals surface area contributed by atoms with Gasteiger partial charge in [-0.05, 0) is 42.8 Å². The molecule has 0 spiro atoms. The van der Waals surface area contributed by atoms with Crippen LogP contribution in [0.1, 0.15) is 21.8 Å². The number of hydrogen-bond donors (Lipinski definition) is 1. The molecule has 6 nitrogen and oxygen atoms in total. The number of imidazole rings is 1. The number of carbonyl (C=O) groups is 2. The van der Waals surface area contributed by atoms with E-state index in [9.17, 15) is 9.59 Å². The largest absolute Gasteiger partial charge is 0.336 e. The first-order valence-corrected chi connectivity index (χ1v) is 9.77. The summed E-state index contributed by atoms with van der Waals surface area (Å²) in [5.41, 5.74) is 2.68. The quantitative estimate of drug-likeness (QED) is 0.637. The summed E-state index contributed by atoms with van der Waals surface area (Å²) in [4.78, 5) is 30.7. The lowest BCUT2D eigenvalue weighted by atomic mass is 10.1. The number of benzene rings is 1. The third-order valence-corrected chi connectivity index (χ3v) is 5.68. The maximum atomic E-state index is 12.2. The zero-order chi connectivity index (χ0) is 18.8. The van der Waals surface area contributed by atoms with E-state index >= 15 is 0 Å². The van der Waals surface area contributed by atoms with Crippen LogP contribution >= 0.6 is 22.9 Å². The first-order chi connectivity index (χ1) is 13.1. The van der Waals surface area contributed by atoms with Gasteiger partial charge in [0.2, 0.25) is 0 Å². The number of Topliss-reactive ketones (excluding diaryl/α,β-unsaturated/α-hetero) is 1. The van der Waals surface area contributed by atoms with Gasteiger partial charge in [0.25, 0.3) is 0 Å². The molecule has 1 N–H and O–H groups in total. The number of amides is 2. The van der Waals surface area contributed by atoms with Crippen molar-refractivity contribution in [3.05, 3.63) is 63.8 Å². The Morgan fingerprint density at radius 2 is 1.96 bits per heavy atom. The van der Waals surface area contributed by atoms with Gasteiger partial charge in [0.15, 0.2) is 5.78 Å². The predicted molar refractivity (Wildman–Crippen MR) is 106 cm³/mol. The van der Waals surface area contributed by atoms with E-state index in [0.717, 1.165) is 17.1 Å². The molecule has 0 atom stereocenters. The first kappa shape index (κ1) is 17.8. The molecule has 0 bridgehead atoms. The molecule has 0 saturated carbocycles. The van der Waals surface area contributed by atoms with Crippen molar-refractivity contribution < 1.29 is 9.59 Å². The zero-order valence-electron chi connectivity index (χ0n) is 14.4. The summed E-state index contributed by atoms with van der Waals surface area (Å²) < 4.78 is 2.54. The Kier molecular flexibility index (Phi) is 4.96. The van der Waals surface area contributed by atoms with E-state index in [1.54, 1.807) is 23.4 Å². The van der Waals surface area contributed by atoms with Crippen LogP contribution in [-0.2, 0) is 6.42 Å². The Labute approximate surface area is 165 Å². The lowest BCUT2D eigenvalue weighted by Crippen LogP contribution is -2.27. The number of urea groups is 1. The van der Waals surface area contributed by atoms with Crippen molar-refractivity contribution in [3.63, 3.8) is 0 Å². The van der Waals surface area contributed by atoms with E-state index in [1.165, 1.54) is 11.3 Å². The monoisotopic (exact) mass is 400 g/mol. The normalized spacial score (nSPS) is 13.8. The maximum Gasteiger partial charge on any atom is 0.321 e. The summed E-state index contributed by atoms with van der Waals surface area (Å²) in [6.07, 6.45) is 4.63. The zero-order valence-corrected chi connectivity index (χ0v) is 16.0. The standard InChI is InChI=1S/C19H17ClN4O2S/c20-18-8-7-17(27-18)16(25)6-1-13-11-23(12-22-13)14-2-4-15(5-3-14)24-10-9-21-19(24)26/h2-5,7-8,11-12H,1,6,9-10H2,(H,21,26). The number of nitrogens with zero attached hydrogens (tertiary/aromatic N) is 3. The molecule has 2 aromatic heterocycles. The van der Waals surface area contributed by atoms with Crippen molar-refractivity contribution in [1.82, 2.24) is 14.9 Å². The lowest BCUT2D eigenvalue weighted by molar-refractivity contribution is 0.0986. The smallest absolute Gasteiger partial charge is 0.321 e. The average molecular weight is 401 g/mol. The van der Waals surface area contributed by atoms with Crippen molar-refractivity contribution in [2.24, 2.45) is 0 Å². The van der Waals surface area contributed by atoms with Crippen molar-refractivity contribution in [3.8, 4) is 5.69 Å². The highest BCUT2D eigenvalue weighted by molar-refractivity contribution is 7.18. The summed E-state index contributed by atoms with van der Waals surface area (Å²) in [6.45, 7) is 1.35. The third-order valence-electron chi connectivity index (χ3n) is 4.41. The van der Waals surface area contributed by atoms with Crippen LogP contribution in [0.4, 0.5) is 10.5 Å². The Balaban J connectivity index is 1.40. The van der Waals surface area contributed by atoms with E-state index in [2.05, 4.69) is 10.3 Å². The molecular weight excluding hydrogens is 384 g/mol. The fraction of sp³-hybridized carbons (Fsp3) is 0.211. The lowest BCUT2D eigenvalue weighted by Gasteiger charge is -2.14. The van der Waals surface area contributed by atoms with Gasteiger partial charge in [0, 0.05) is 37.1 Å². The molecule has 27 heavy (non-hydrogen) atoms. The van der Waals surface area contributed by atoms with E-state index < -0.39 is 0 Å². The predicted octanol–water partition coefficient (Wildman–Crippen LogP) is 3.93. The Hall–Kier alpha value is -2.64. The third kappa shape index (κ3) is 3.89. The highest BCUT2D eigenvalue weighted by Crippen LogP contribution is 2.23. The summed E-state index contributed by atoms with van der Waals surface area (Å²) in [5, 5.41) is 2.79. The van der Waals surface area contributed by atoms with Crippen molar-refractivity contribution in [1.29, 1.82) is 0 Å². The van der Waals surface area contributed by atoms with Crippen molar-refractivity contribution >= 4 is 40.4 Å². The van der Waals surface area contributed by atoms with Gasteiger partial charge < -0.3 is 9.88 Å². The van der Waals surface area contributed by atoms with E-state index in [-0.39, 0.29) is 11.8 Å². The molecule has 4 rings (SSSR count). The molecule has 0 unspecified atom stereocenters. The Morgan fingerprint density at radius 3 is 2.63 bits per heavy atom. The number of ketones is 1. The van der Waals surface area contributed by atoms with Gasteiger partial charge >= 0.3 is 6.03 Å². The number of hydrogen-bond acceptors (Lipinski definition) is 4. The average Bonchev–Trinajstić information content (AvgIpc) is 3.41. The van der Waals surface area contributed by atoms with Gasteiger partial charge in [-0.3, -0.25) is 9.69 Å². The molecule has 0 radical (unpaired) electrons. The van der Waals surface area contributed by atoms with Gasteiger partial charge in [-0.15, -0.1) is 11.3 Å². The molecule has 1 saturated heterocycles. The van der Waals surface area contributed by atoms with Gasteiger partial charge in [-0.1, -0.05) is 11.6 Å².